The quantitative estimate of drug-likeness (QED) is 0.646. The zero-order chi connectivity index (χ0) is 17.9. The monoisotopic (exact) mass is 334 g/mol. The lowest BCUT2D eigenvalue weighted by molar-refractivity contribution is 0.0526. The van der Waals surface area contributed by atoms with E-state index in [-0.39, 0.29) is 23.8 Å². The molecule has 0 amide bonds. The highest BCUT2D eigenvalue weighted by atomic mass is 19.1. The van der Waals surface area contributed by atoms with E-state index < -0.39 is 11.9 Å². The second kappa shape index (κ2) is 7.42. The Morgan fingerprint density at radius 1 is 1.38 bits per heavy atom. The van der Waals surface area contributed by atoms with Crippen LogP contribution in [-0.4, -0.2) is 33.9 Å². The molecule has 0 saturated heterocycles. The summed E-state index contributed by atoms with van der Waals surface area (Å²) in [6.07, 6.45) is 0. The first-order valence-electron chi connectivity index (χ1n) is 8.07. The average Bonchev–Trinajstić information content (AvgIpc) is 2.85. The molecule has 0 aliphatic carbocycles. The van der Waals surface area contributed by atoms with Gasteiger partial charge < -0.3 is 10.1 Å². The van der Waals surface area contributed by atoms with Crippen LogP contribution in [0, 0.1) is 12.9 Å². The largest absolute Gasteiger partial charge is 0.462 e. The van der Waals surface area contributed by atoms with Crippen molar-refractivity contribution < 1.29 is 13.9 Å². The molecular formula is C17H23FN4O2. The number of pyridine rings is 1. The van der Waals surface area contributed by atoms with Gasteiger partial charge in [0, 0.05) is 12.6 Å². The first-order chi connectivity index (χ1) is 11.4. The van der Waals surface area contributed by atoms with Crippen LogP contribution in [0.1, 0.15) is 49.8 Å². The maximum atomic E-state index is 14.6. The van der Waals surface area contributed by atoms with E-state index >= 15 is 0 Å². The van der Waals surface area contributed by atoms with E-state index in [9.17, 15) is 9.18 Å². The van der Waals surface area contributed by atoms with Crippen molar-refractivity contribution in [3.8, 4) is 11.3 Å². The van der Waals surface area contributed by atoms with Gasteiger partial charge in [-0.15, -0.1) is 0 Å². The van der Waals surface area contributed by atoms with Crippen LogP contribution in [0.15, 0.2) is 12.1 Å². The summed E-state index contributed by atoms with van der Waals surface area (Å²) in [5.41, 5.74) is 1.41. The van der Waals surface area contributed by atoms with Gasteiger partial charge in [-0.1, -0.05) is 0 Å². The van der Waals surface area contributed by atoms with Gasteiger partial charge in [-0.3, -0.25) is 4.68 Å². The smallest absolute Gasteiger partial charge is 0.342 e. The first kappa shape index (κ1) is 17.9. The topological polar surface area (TPSA) is 69.0 Å². The molecule has 0 fully saturated rings. The number of hydrogen-bond acceptors (Lipinski definition) is 5. The number of aromatic nitrogens is 3. The van der Waals surface area contributed by atoms with Crippen LogP contribution in [0.25, 0.3) is 11.3 Å². The number of esters is 1. The highest BCUT2D eigenvalue weighted by Crippen LogP contribution is 2.31. The number of rotatable bonds is 6. The zero-order valence-corrected chi connectivity index (χ0v) is 14.7. The van der Waals surface area contributed by atoms with E-state index in [1.807, 2.05) is 20.8 Å². The van der Waals surface area contributed by atoms with Crippen molar-refractivity contribution in [1.29, 1.82) is 0 Å². The fourth-order valence-corrected chi connectivity index (χ4v) is 2.52. The molecule has 130 valence electrons. The molecule has 0 bridgehead atoms. The third kappa shape index (κ3) is 3.39. The zero-order valence-electron chi connectivity index (χ0n) is 14.7. The van der Waals surface area contributed by atoms with Crippen LogP contribution in [0.5, 0.6) is 0 Å². The van der Waals surface area contributed by atoms with Gasteiger partial charge in [-0.25, -0.2) is 9.78 Å². The molecule has 6 nitrogen and oxygen atoms in total. The van der Waals surface area contributed by atoms with Crippen LogP contribution in [0.2, 0.25) is 0 Å². The van der Waals surface area contributed by atoms with E-state index in [2.05, 4.69) is 15.4 Å². The summed E-state index contributed by atoms with van der Waals surface area (Å²) in [6, 6.07) is 3.25. The number of hydrogen-bond donors (Lipinski definition) is 1. The summed E-state index contributed by atoms with van der Waals surface area (Å²) in [6.45, 7) is 10.1. The summed E-state index contributed by atoms with van der Waals surface area (Å²) < 4.78 is 21.3. The SMILES string of the molecule is CCNc1ccc(-c2c(C(=O)OCC)c(C)nn2C(C)C)c(F)n1. The molecule has 2 heterocycles. The Morgan fingerprint density at radius 3 is 2.62 bits per heavy atom. The number of nitrogens with zero attached hydrogens (tertiary/aromatic N) is 3. The fourth-order valence-electron chi connectivity index (χ4n) is 2.52. The van der Waals surface area contributed by atoms with E-state index in [0.717, 1.165) is 0 Å². The van der Waals surface area contributed by atoms with Crippen molar-refractivity contribution >= 4 is 11.8 Å². The maximum Gasteiger partial charge on any atom is 0.342 e. The number of ether oxygens (including phenoxy) is 1. The molecule has 0 saturated carbocycles. The van der Waals surface area contributed by atoms with Crippen molar-refractivity contribution in [2.45, 2.75) is 40.7 Å². The Bertz CT molecular complexity index is 740. The van der Waals surface area contributed by atoms with Gasteiger partial charge in [-0.05, 0) is 46.8 Å². The Kier molecular flexibility index (Phi) is 5.54. The second-order valence-corrected chi connectivity index (χ2v) is 5.63. The lowest BCUT2D eigenvalue weighted by Crippen LogP contribution is -2.11. The van der Waals surface area contributed by atoms with Crippen LogP contribution in [-0.2, 0) is 4.74 Å². The molecule has 0 aliphatic rings. The number of carbonyl (C=O) groups is 1. The van der Waals surface area contributed by atoms with Gasteiger partial charge >= 0.3 is 5.97 Å². The van der Waals surface area contributed by atoms with Crippen molar-refractivity contribution in [2.75, 3.05) is 18.5 Å². The lowest BCUT2D eigenvalue weighted by atomic mass is 10.1. The predicted molar refractivity (Wildman–Crippen MR) is 90.7 cm³/mol. The molecule has 0 spiro atoms. The van der Waals surface area contributed by atoms with Gasteiger partial charge in [-0.2, -0.15) is 9.49 Å². The first-order valence-corrected chi connectivity index (χ1v) is 8.07. The Hall–Kier alpha value is -2.44. The molecule has 0 aromatic carbocycles. The molecule has 0 atom stereocenters. The van der Waals surface area contributed by atoms with Gasteiger partial charge in [0.15, 0.2) is 0 Å². The molecular weight excluding hydrogens is 311 g/mol. The molecule has 0 unspecified atom stereocenters. The van der Waals surface area contributed by atoms with E-state index in [4.69, 9.17) is 4.74 Å². The highest BCUT2D eigenvalue weighted by Gasteiger charge is 2.27. The Labute approximate surface area is 141 Å². The molecule has 7 heteroatoms. The fraction of sp³-hybridized carbons (Fsp3) is 0.471. The van der Waals surface area contributed by atoms with E-state index in [1.54, 1.807) is 30.7 Å². The number of anilines is 1. The van der Waals surface area contributed by atoms with Gasteiger partial charge in [0.05, 0.1) is 23.6 Å². The standard InChI is InChI=1S/C17H23FN4O2/c1-6-19-13-9-8-12(16(18)20-13)15-14(17(23)24-7-2)11(5)21-22(15)10(3)4/h8-10H,6-7H2,1-5H3,(H,19,20). The number of aryl methyl sites for hydroxylation is 1. The van der Waals surface area contributed by atoms with Crippen LogP contribution in [0.4, 0.5) is 10.2 Å². The minimum absolute atomic E-state index is 0.0466. The predicted octanol–water partition coefficient (Wildman–Crippen LogP) is 3.58. The van der Waals surface area contributed by atoms with Crippen LogP contribution >= 0.6 is 0 Å². The summed E-state index contributed by atoms with van der Waals surface area (Å²) in [5, 5.41) is 7.36. The third-order valence-corrected chi connectivity index (χ3v) is 3.52. The molecule has 2 rings (SSSR count). The summed E-state index contributed by atoms with van der Waals surface area (Å²) in [5.74, 6) is -0.711. The number of carbonyl (C=O) groups excluding carboxylic acids is 1. The second-order valence-electron chi connectivity index (χ2n) is 5.63. The molecule has 0 radical (unpaired) electrons. The van der Waals surface area contributed by atoms with Gasteiger partial charge in [0.2, 0.25) is 5.95 Å². The third-order valence-electron chi connectivity index (χ3n) is 3.52. The Morgan fingerprint density at radius 2 is 2.08 bits per heavy atom. The van der Waals surface area contributed by atoms with Gasteiger partial charge in [0.1, 0.15) is 11.4 Å². The number of halogens is 1. The summed E-state index contributed by atoms with van der Waals surface area (Å²) in [4.78, 5) is 16.3. The lowest BCUT2D eigenvalue weighted by Gasteiger charge is -2.13. The maximum absolute atomic E-state index is 14.6. The van der Waals surface area contributed by atoms with Crippen LogP contribution < -0.4 is 5.32 Å². The molecule has 1 N–H and O–H groups in total. The van der Waals surface area contributed by atoms with Crippen molar-refractivity contribution in [2.24, 2.45) is 0 Å². The van der Waals surface area contributed by atoms with E-state index in [0.29, 0.717) is 23.8 Å². The van der Waals surface area contributed by atoms with Crippen molar-refractivity contribution in [1.82, 2.24) is 14.8 Å². The molecule has 2 aromatic heterocycles. The molecule has 2 aromatic rings. The Balaban J connectivity index is 2.65. The van der Waals surface area contributed by atoms with Crippen molar-refractivity contribution in [3.63, 3.8) is 0 Å². The molecule has 0 aliphatic heterocycles. The van der Waals surface area contributed by atoms with Crippen LogP contribution in [0.3, 0.4) is 0 Å². The minimum Gasteiger partial charge on any atom is -0.462 e. The summed E-state index contributed by atoms with van der Waals surface area (Å²) >= 11 is 0. The van der Waals surface area contributed by atoms with Gasteiger partial charge in [0.25, 0.3) is 0 Å². The van der Waals surface area contributed by atoms with E-state index in [1.165, 1.54) is 0 Å². The molecule has 24 heavy (non-hydrogen) atoms. The minimum atomic E-state index is -0.652. The summed E-state index contributed by atoms with van der Waals surface area (Å²) in [7, 11) is 0. The van der Waals surface area contributed by atoms with Crippen molar-refractivity contribution in [3.05, 3.63) is 29.3 Å². The average molecular weight is 334 g/mol. The number of nitrogens with one attached hydrogen (secondary N) is 1. The normalized spacial score (nSPS) is 11.0. The highest BCUT2D eigenvalue weighted by molar-refractivity contribution is 5.97.